The first-order chi connectivity index (χ1) is 10.6. The minimum Gasteiger partial charge on any atom is -0.491 e. The SMILES string of the molecule is CC(C)Oc1ccc(NC(N)=NC2CC3OCCCC23)cc1.I. The molecule has 5 nitrogen and oxygen atoms in total. The van der Waals surface area contributed by atoms with Crippen LogP contribution in [0.1, 0.15) is 33.1 Å². The van der Waals surface area contributed by atoms with Gasteiger partial charge in [0.15, 0.2) is 5.96 Å². The smallest absolute Gasteiger partial charge is 0.193 e. The molecule has 1 saturated carbocycles. The molecule has 1 aromatic carbocycles. The lowest BCUT2D eigenvalue weighted by molar-refractivity contribution is -0.0937. The molecule has 1 aliphatic heterocycles. The second-order valence-electron chi connectivity index (χ2n) is 6.35. The second-order valence-corrected chi connectivity index (χ2v) is 6.35. The fraction of sp³-hybridized carbons (Fsp3) is 0.588. The number of anilines is 1. The summed E-state index contributed by atoms with van der Waals surface area (Å²) in [6.07, 6.45) is 3.91. The van der Waals surface area contributed by atoms with Gasteiger partial charge in [-0.15, -0.1) is 24.0 Å². The Balaban J connectivity index is 0.00000192. The monoisotopic (exact) mass is 431 g/mol. The largest absolute Gasteiger partial charge is 0.491 e. The highest BCUT2D eigenvalue weighted by Crippen LogP contribution is 2.39. The number of guanidine groups is 1. The van der Waals surface area contributed by atoms with Gasteiger partial charge in [0.25, 0.3) is 0 Å². The van der Waals surface area contributed by atoms with Crippen LogP contribution in [0.4, 0.5) is 5.69 Å². The molecule has 3 unspecified atom stereocenters. The molecule has 1 aromatic rings. The molecule has 23 heavy (non-hydrogen) atoms. The van der Waals surface area contributed by atoms with Gasteiger partial charge in [-0.3, -0.25) is 0 Å². The number of hydrogen-bond donors (Lipinski definition) is 2. The van der Waals surface area contributed by atoms with Crippen molar-refractivity contribution in [3.05, 3.63) is 24.3 Å². The van der Waals surface area contributed by atoms with Gasteiger partial charge in [0.1, 0.15) is 5.75 Å². The van der Waals surface area contributed by atoms with Crippen molar-refractivity contribution in [3.63, 3.8) is 0 Å². The lowest BCUT2D eigenvalue weighted by Gasteiger charge is -2.45. The quantitative estimate of drug-likeness (QED) is 0.436. The van der Waals surface area contributed by atoms with E-state index < -0.39 is 0 Å². The predicted molar refractivity (Wildman–Crippen MR) is 104 cm³/mol. The Morgan fingerprint density at radius 3 is 2.74 bits per heavy atom. The second kappa shape index (κ2) is 8.19. The molecule has 0 bridgehead atoms. The topological polar surface area (TPSA) is 68.9 Å². The van der Waals surface area contributed by atoms with E-state index in [-0.39, 0.29) is 30.1 Å². The molecule has 1 aliphatic carbocycles. The first-order valence-corrected chi connectivity index (χ1v) is 8.10. The normalized spacial score (nSPS) is 26.7. The number of nitrogens with one attached hydrogen (secondary N) is 1. The molecule has 0 spiro atoms. The van der Waals surface area contributed by atoms with E-state index in [9.17, 15) is 0 Å². The van der Waals surface area contributed by atoms with Crippen molar-refractivity contribution in [2.75, 3.05) is 11.9 Å². The van der Waals surface area contributed by atoms with Crippen LogP contribution in [0.25, 0.3) is 0 Å². The summed E-state index contributed by atoms with van der Waals surface area (Å²) < 4.78 is 11.3. The van der Waals surface area contributed by atoms with Crippen molar-refractivity contribution in [2.45, 2.75) is 51.4 Å². The highest BCUT2D eigenvalue weighted by molar-refractivity contribution is 14.0. The standard InChI is InChI=1S/C17H25N3O2.HI/c1-11(2)22-13-7-5-12(6-8-13)19-17(18)20-15-10-16-14(15)4-3-9-21-16;/h5-8,11,14-16H,3-4,9-10H2,1-2H3,(H3,18,19,20);1H. The van der Waals surface area contributed by atoms with Gasteiger partial charge in [0, 0.05) is 18.2 Å². The number of ether oxygens (including phenoxy) is 2. The van der Waals surface area contributed by atoms with Crippen LogP contribution in [-0.2, 0) is 4.74 Å². The van der Waals surface area contributed by atoms with E-state index in [0.717, 1.165) is 30.9 Å². The zero-order valence-electron chi connectivity index (χ0n) is 13.7. The van der Waals surface area contributed by atoms with Crippen LogP contribution >= 0.6 is 24.0 Å². The number of nitrogens with zero attached hydrogens (tertiary/aromatic N) is 1. The van der Waals surface area contributed by atoms with Gasteiger partial charge in [-0.25, -0.2) is 4.99 Å². The molecule has 6 heteroatoms. The Bertz CT molecular complexity index is 533. The van der Waals surface area contributed by atoms with Crippen LogP contribution in [0.3, 0.4) is 0 Å². The third-order valence-corrected chi connectivity index (χ3v) is 4.26. The van der Waals surface area contributed by atoms with Crippen LogP contribution in [0.2, 0.25) is 0 Å². The van der Waals surface area contributed by atoms with Crippen LogP contribution in [0, 0.1) is 5.92 Å². The molecule has 3 N–H and O–H groups in total. The summed E-state index contributed by atoms with van der Waals surface area (Å²) in [7, 11) is 0. The Kier molecular flexibility index (Phi) is 6.52. The number of benzene rings is 1. The summed E-state index contributed by atoms with van der Waals surface area (Å²) in [4.78, 5) is 4.60. The lowest BCUT2D eigenvalue weighted by Crippen LogP contribution is -2.49. The average Bonchev–Trinajstić information content (AvgIpc) is 2.46. The van der Waals surface area contributed by atoms with Crippen molar-refractivity contribution in [1.29, 1.82) is 0 Å². The number of rotatable bonds is 4. The van der Waals surface area contributed by atoms with Crippen LogP contribution < -0.4 is 15.8 Å². The summed E-state index contributed by atoms with van der Waals surface area (Å²) >= 11 is 0. The molecule has 1 heterocycles. The predicted octanol–water partition coefficient (Wildman–Crippen LogP) is 3.39. The van der Waals surface area contributed by atoms with E-state index in [1.54, 1.807) is 0 Å². The van der Waals surface area contributed by atoms with Crippen molar-refractivity contribution in [2.24, 2.45) is 16.6 Å². The van der Waals surface area contributed by atoms with E-state index in [4.69, 9.17) is 15.2 Å². The van der Waals surface area contributed by atoms with E-state index in [1.165, 1.54) is 6.42 Å². The Morgan fingerprint density at radius 1 is 1.35 bits per heavy atom. The summed E-state index contributed by atoms with van der Waals surface area (Å²) in [5.41, 5.74) is 6.95. The number of hydrogen-bond acceptors (Lipinski definition) is 3. The minimum absolute atomic E-state index is 0. The summed E-state index contributed by atoms with van der Waals surface area (Å²) in [6, 6.07) is 8.08. The maximum atomic E-state index is 6.02. The van der Waals surface area contributed by atoms with Gasteiger partial charge < -0.3 is 20.5 Å². The molecule has 0 aromatic heterocycles. The summed E-state index contributed by atoms with van der Waals surface area (Å²) in [5.74, 6) is 1.89. The third kappa shape index (κ3) is 4.73. The number of nitrogens with two attached hydrogens (primary N) is 1. The first-order valence-electron chi connectivity index (χ1n) is 8.10. The van der Waals surface area contributed by atoms with E-state index >= 15 is 0 Å². The molecule has 3 atom stereocenters. The van der Waals surface area contributed by atoms with Gasteiger partial charge in [0.05, 0.1) is 18.2 Å². The zero-order valence-corrected chi connectivity index (χ0v) is 16.0. The van der Waals surface area contributed by atoms with Crippen LogP contribution in [-0.4, -0.2) is 30.8 Å². The Hall–Kier alpha value is -1.02. The summed E-state index contributed by atoms with van der Waals surface area (Å²) in [5, 5.41) is 3.15. The maximum absolute atomic E-state index is 6.02. The summed E-state index contributed by atoms with van der Waals surface area (Å²) in [6.45, 7) is 4.92. The van der Waals surface area contributed by atoms with Gasteiger partial charge in [0.2, 0.25) is 0 Å². The van der Waals surface area contributed by atoms with Gasteiger partial charge in [-0.2, -0.15) is 0 Å². The zero-order chi connectivity index (χ0) is 15.5. The highest BCUT2D eigenvalue weighted by atomic mass is 127. The molecule has 128 valence electrons. The van der Waals surface area contributed by atoms with Gasteiger partial charge in [-0.1, -0.05) is 0 Å². The minimum atomic E-state index is 0. The molecule has 3 rings (SSSR count). The van der Waals surface area contributed by atoms with Crippen molar-refractivity contribution < 1.29 is 9.47 Å². The fourth-order valence-corrected chi connectivity index (χ4v) is 3.16. The van der Waals surface area contributed by atoms with Crippen LogP contribution in [0.5, 0.6) is 5.75 Å². The molecule has 2 aliphatic rings. The fourth-order valence-electron chi connectivity index (χ4n) is 3.16. The Morgan fingerprint density at radius 2 is 2.09 bits per heavy atom. The maximum Gasteiger partial charge on any atom is 0.193 e. The molecule has 0 amide bonds. The number of halogens is 1. The molecule has 2 fully saturated rings. The number of aliphatic imine (C=N–C) groups is 1. The molecular formula is C17H26IN3O2. The third-order valence-electron chi connectivity index (χ3n) is 4.26. The molecule has 1 saturated heterocycles. The average molecular weight is 431 g/mol. The van der Waals surface area contributed by atoms with E-state index in [2.05, 4.69) is 10.3 Å². The van der Waals surface area contributed by atoms with E-state index in [0.29, 0.717) is 24.0 Å². The van der Waals surface area contributed by atoms with Crippen LogP contribution in [0.15, 0.2) is 29.3 Å². The number of fused-ring (bicyclic) bond motifs is 1. The van der Waals surface area contributed by atoms with Gasteiger partial charge >= 0.3 is 0 Å². The lowest BCUT2D eigenvalue weighted by atomic mass is 9.73. The van der Waals surface area contributed by atoms with Gasteiger partial charge in [-0.05, 0) is 57.4 Å². The van der Waals surface area contributed by atoms with Crippen molar-refractivity contribution >= 4 is 35.6 Å². The Labute approximate surface area is 155 Å². The van der Waals surface area contributed by atoms with Crippen molar-refractivity contribution in [1.82, 2.24) is 0 Å². The van der Waals surface area contributed by atoms with E-state index in [1.807, 2.05) is 38.1 Å². The first kappa shape index (κ1) is 18.3. The molecule has 0 radical (unpaired) electrons. The van der Waals surface area contributed by atoms with Crippen molar-refractivity contribution in [3.8, 4) is 5.75 Å². The highest BCUT2D eigenvalue weighted by Gasteiger charge is 2.43. The molecular weight excluding hydrogens is 405 g/mol.